The summed E-state index contributed by atoms with van der Waals surface area (Å²) in [5.41, 5.74) is 3.97. The second-order valence-electron chi connectivity index (χ2n) is 6.82. The molecule has 4 rings (SSSR count). The van der Waals surface area contributed by atoms with Crippen molar-refractivity contribution in [1.82, 2.24) is 9.97 Å². The molecule has 0 radical (unpaired) electrons. The lowest BCUT2D eigenvalue weighted by Gasteiger charge is -2.30. The van der Waals surface area contributed by atoms with Gasteiger partial charge < -0.3 is 15.8 Å². The van der Waals surface area contributed by atoms with E-state index >= 15 is 0 Å². The van der Waals surface area contributed by atoms with Crippen molar-refractivity contribution in [3.63, 3.8) is 0 Å². The van der Waals surface area contributed by atoms with E-state index in [9.17, 15) is 13.6 Å². The number of rotatable bonds is 4. The van der Waals surface area contributed by atoms with E-state index in [2.05, 4.69) is 20.3 Å². The number of anilines is 1. The second kappa shape index (κ2) is 6.66. The molecule has 0 saturated heterocycles. The molecule has 4 atom stereocenters. The Morgan fingerprint density at radius 1 is 1.39 bits per heavy atom. The van der Waals surface area contributed by atoms with Gasteiger partial charge in [-0.2, -0.15) is 0 Å². The molecule has 7 nitrogen and oxygen atoms in total. The van der Waals surface area contributed by atoms with Gasteiger partial charge in [0.25, 0.3) is 11.9 Å². The topological polar surface area (TPSA) is 102 Å². The fourth-order valence-electron chi connectivity index (χ4n) is 3.65. The Balaban J connectivity index is 1.68. The van der Waals surface area contributed by atoms with Crippen molar-refractivity contribution in [3.05, 3.63) is 52.7 Å². The highest BCUT2D eigenvalue weighted by atomic mass is 35.5. The van der Waals surface area contributed by atoms with Crippen molar-refractivity contribution >= 4 is 29.3 Å². The lowest BCUT2D eigenvalue weighted by Crippen LogP contribution is -2.40. The molecule has 28 heavy (non-hydrogen) atoms. The maximum Gasteiger partial charge on any atom is 0.283 e. The average Bonchev–Trinajstić information content (AvgIpc) is 3.33. The summed E-state index contributed by atoms with van der Waals surface area (Å²) in [7, 11) is 0. The lowest BCUT2D eigenvalue weighted by atomic mass is 9.88. The number of pyridine rings is 2. The van der Waals surface area contributed by atoms with Crippen LogP contribution >= 0.6 is 11.6 Å². The van der Waals surface area contributed by atoms with Gasteiger partial charge in [-0.3, -0.25) is 4.79 Å². The molecule has 1 amide bonds. The first-order valence-electron chi connectivity index (χ1n) is 8.53. The van der Waals surface area contributed by atoms with E-state index in [0.29, 0.717) is 5.02 Å². The van der Waals surface area contributed by atoms with Crippen LogP contribution in [0.2, 0.25) is 5.02 Å². The number of amidine groups is 1. The predicted molar refractivity (Wildman–Crippen MR) is 98.2 cm³/mol. The van der Waals surface area contributed by atoms with Crippen molar-refractivity contribution in [1.29, 1.82) is 0 Å². The van der Waals surface area contributed by atoms with Gasteiger partial charge in [0.1, 0.15) is 41.3 Å². The largest absolute Gasteiger partial charge is 0.461 e. The summed E-state index contributed by atoms with van der Waals surface area (Å²) in [6, 6.07) is 5.13. The highest BCUT2D eigenvalue weighted by Crippen LogP contribution is 2.57. The van der Waals surface area contributed by atoms with Crippen LogP contribution in [0.1, 0.15) is 23.1 Å². The first-order valence-corrected chi connectivity index (χ1v) is 8.91. The van der Waals surface area contributed by atoms with Crippen molar-refractivity contribution in [2.45, 2.75) is 18.6 Å². The van der Waals surface area contributed by atoms with Crippen LogP contribution < -0.4 is 11.1 Å². The molecule has 1 saturated carbocycles. The van der Waals surface area contributed by atoms with Crippen molar-refractivity contribution < 1.29 is 18.3 Å². The zero-order valence-electron chi connectivity index (χ0n) is 14.7. The smallest absolute Gasteiger partial charge is 0.283 e. The number of aromatic nitrogens is 2. The van der Waals surface area contributed by atoms with Gasteiger partial charge in [-0.15, -0.1) is 0 Å². The molecule has 1 aliphatic carbocycles. The highest BCUT2D eigenvalue weighted by molar-refractivity contribution is 6.30. The number of ether oxygens (including phenoxy) is 1. The molecule has 0 bridgehead atoms. The Hall–Kier alpha value is -2.81. The Bertz CT molecular complexity index is 971. The third kappa shape index (κ3) is 2.95. The minimum absolute atomic E-state index is 0.0380. The number of alkyl halides is 1. The average molecular weight is 408 g/mol. The molecular formula is C18H16ClF2N5O2. The molecule has 10 heteroatoms. The van der Waals surface area contributed by atoms with Gasteiger partial charge in [0.2, 0.25) is 0 Å². The number of carbonyl (C=O) groups is 1. The van der Waals surface area contributed by atoms with E-state index in [0.717, 1.165) is 6.07 Å². The summed E-state index contributed by atoms with van der Waals surface area (Å²) >= 11 is 5.76. The number of amides is 1. The fraction of sp³-hybridized carbons (Fsp3) is 0.333. The third-order valence-corrected chi connectivity index (χ3v) is 5.30. The summed E-state index contributed by atoms with van der Waals surface area (Å²) in [6.07, 6.45) is 0.984. The summed E-state index contributed by atoms with van der Waals surface area (Å²) < 4.78 is 34.2. The number of nitrogens with zero attached hydrogens (tertiary/aromatic N) is 3. The standard InChI is InChI=1S/C18H16ClF2N5O2/c1-8-13-14(8)28-17(22)26-18(13,7-20)15-10(21)3-5-12(24-15)25-16(27)11-4-2-9(19)6-23-11/h2-6,8,13-14H,7H2,1H3,(H2,22,26)(H,24,25,27)/t8?,13?,14?,18-/m1/s1. The van der Waals surface area contributed by atoms with E-state index in [1.54, 1.807) is 0 Å². The van der Waals surface area contributed by atoms with E-state index < -0.39 is 29.9 Å². The number of hydrogen-bond donors (Lipinski definition) is 2. The first kappa shape index (κ1) is 18.5. The first-order chi connectivity index (χ1) is 13.4. The second-order valence-corrected chi connectivity index (χ2v) is 7.25. The van der Waals surface area contributed by atoms with Gasteiger partial charge in [0.15, 0.2) is 0 Å². The molecule has 1 fully saturated rings. The number of aliphatic imine (C=N–C) groups is 1. The van der Waals surface area contributed by atoms with Crippen LogP contribution in [0.3, 0.4) is 0 Å². The monoisotopic (exact) mass is 407 g/mol. The van der Waals surface area contributed by atoms with Crippen LogP contribution in [0.5, 0.6) is 0 Å². The van der Waals surface area contributed by atoms with Crippen molar-refractivity contribution in [3.8, 4) is 0 Å². The Morgan fingerprint density at radius 2 is 2.18 bits per heavy atom. The Morgan fingerprint density at radius 3 is 2.86 bits per heavy atom. The number of carbonyl (C=O) groups excluding carboxylic acids is 1. The van der Waals surface area contributed by atoms with Crippen LogP contribution in [-0.2, 0) is 10.3 Å². The normalized spacial score (nSPS) is 28.0. The van der Waals surface area contributed by atoms with Gasteiger partial charge >= 0.3 is 0 Å². The molecule has 2 aromatic rings. The van der Waals surface area contributed by atoms with Crippen LogP contribution in [0, 0.1) is 17.7 Å². The number of fused-ring (bicyclic) bond motifs is 1. The molecule has 2 aromatic heterocycles. The minimum atomic E-state index is -1.59. The summed E-state index contributed by atoms with van der Waals surface area (Å²) in [6.45, 7) is 0.853. The van der Waals surface area contributed by atoms with E-state index in [1.807, 2.05) is 6.92 Å². The molecule has 2 aliphatic rings. The molecule has 146 valence electrons. The SMILES string of the molecule is CC1C2OC(N)=N[C@@](CF)(c3nc(NC(=O)c4ccc(Cl)cn4)ccc3F)C12. The minimum Gasteiger partial charge on any atom is -0.461 e. The van der Waals surface area contributed by atoms with Crippen molar-refractivity contribution in [2.75, 3.05) is 12.0 Å². The van der Waals surface area contributed by atoms with Gasteiger partial charge in [-0.05, 0) is 24.3 Å². The molecule has 0 spiro atoms. The number of hydrogen-bond acceptors (Lipinski definition) is 6. The van der Waals surface area contributed by atoms with E-state index in [4.69, 9.17) is 22.1 Å². The van der Waals surface area contributed by atoms with Crippen molar-refractivity contribution in [2.24, 2.45) is 22.6 Å². The maximum atomic E-state index is 14.6. The lowest BCUT2D eigenvalue weighted by molar-refractivity contribution is 0.102. The summed E-state index contributed by atoms with van der Waals surface area (Å²) in [5.74, 6) is -1.72. The number of halogens is 3. The fourth-order valence-corrected chi connectivity index (χ4v) is 3.76. The zero-order chi connectivity index (χ0) is 20.1. The van der Waals surface area contributed by atoms with E-state index in [-0.39, 0.29) is 35.2 Å². The quantitative estimate of drug-likeness (QED) is 0.811. The summed E-state index contributed by atoms with van der Waals surface area (Å²) in [5, 5.41) is 2.90. The highest BCUT2D eigenvalue weighted by Gasteiger charge is 2.66. The third-order valence-electron chi connectivity index (χ3n) is 5.08. The predicted octanol–water partition coefficient (Wildman–Crippen LogP) is 2.67. The van der Waals surface area contributed by atoms with Crippen LogP contribution in [-0.4, -0.2) is 34.7 Å². The van der Waals surface area contributed by atoms with Gasteiger partial charge in [0, 0.05) is 18.0 Å². The molecule has 3 N–H and O–H groups in total. The van der Waals surface area contributed by atoms with Crippen LogP contribution in [0.15, 0.2) is 35.5 Å². The number of nitrogens with one attached hydrogen (secondary N) is 1. The zero-order valence-corrected chi connectivity index (χ0v) is 15.5. The van der Waals surface area contributed by atoms with Gasteiger partial charge in [0.05, 0.1) is 5.02 Å². The maximum absolute atomic E-state index is 14.6. The van der Waals surface area contributed by atoms with Gasteiger partial charge in [-0.1, -0.05) is 18.5 Å². The molecule has 1 aliphatic heterocycles. The molecular weight excluding hydrogens is 392 g/mol. The van der Waals surface area contributed by atoms with Crippen LogP contribution in [0.4, 0.5) is 14.6 Å². The molecule has 3 unspecified atom stereocenters. The van der Waals surface area contributed by atoms with Gasteiger partial charge in [-0.25, -0.2) is 23.7 Å². The molecule has 0 aromatic carbocycles. The summed E-state index contributed by atoms with van der Waals surface area (Å²) in [4.78, 5) is 24.5. The van der Waals surface area contributed by atoms with E-state index in [1.165, 1.54) is 24.4 Å². The Labute approximate surface area is 164 Å². The van der Waals surface area contributed by atoms with Crippen LogP contribution in [0.25, 0.3) is 0 Å². The number of nitrogens with two attached hydrogens (primary N) is 1. The Kier molecular flexibility index (Phi) is 4.41. The molecule has 3 heterocycles.